The molecule has 0 aliphatic carbocycles. The Morgan fingerprint density at radius 1 is 1.32 bits per heavy atom. The molecule has 1 heterocycles. The van der Waals surface area contributed by atoms with E-state index in [0.717, 1.165) is 17.5 Å². The first-order chi connectivity index (χ1) is 8.87. The Bertz CT molecular complexity index is 569. The summed E-state index contributed by atoms with van der Waals surface area (Å²) in [6.07, 6.45) is 0.881. The van der Waals surface area contributed by atoms with Crippen LogP contribution in [0.25, 0.3) is 0 Å². The summed E-state index contributed by atoms with van der Waals surface area (Å²) in [6.45, 7) is 6.92. The van der Waals surface area contributed by atoms with Crippen LogP contribution in [0.2, 0.25) is 0 Å². The van der Waals surface area contributed by atoms with Crippen molar-refractivity contribution >= 4 is 10.0 Å². The van der Waals surface area contributed by atoms with Crippen LogP contribution < -0.4 is 5.73 Å². The van der Waals surface area contributed by atoms with E-state index >= 15 is 0 Å². The van der Waals surface area contributed by atoms with E-state index in [9.17, 15) is 8.42 Å². The average Bonchev–Trinajstić information content (AvgIpc) is 2.74. The lowest BCUT2D eigenvalue weighted by Crippen LogP contribution is -2.42. The number of nitrogens with two attached hydrogens (primary N) is 1. The molecule has 19 heavy (non-hydrogen) atoms. The predicted molar refractivity (Wildman–Crippen MR) is 76.4 cm³/mol. The van der Waals surface area contributed by atoms with E-state index in [1.807, 2.05) is 19.9 Å². The zero-order valence-electron chi connectivity index (χ0n) is 11.8. The quantitative estimate of drug-likeness (QED) is 0.917. The van der Waals surface area contributed by atoms with Crippen molar-refractivity contribution in [3.8, 4) is 0 Å². The number of hydrogen-bond acceptors (Lipinski definition) is 3. The number of benzene rings is 1. The number of sulfonamides is 1. The molecule has 0 spiro atoms. The summed E-state index contributed by atoms with van der Waals surface area (Å²) in [5.74, 6) is 0.325. The van der Waals surface area contributed by atoms with Crippen LogP contribution in [0, 0.1) is 19.8 Å². The lowest BCUT2D eigenvalue weighted by atomic mass is 10.0. The van der Waals surface area contributed by atoms with Gasteiger partial charge in [-0.1, -0.05) is 13.0 Å². The minimum Gasteiger partial charge on any atom is -0.329 e. The SMILES string of the molecule is Cc1ccc(S(=O)(=O)N2CCC(C)C2CN)cc1C. The largest absolute Gasteiger partial charge is 0.329 e. The highest BCUT2D eigenvalue weighted by atomic mass is 32.2. The first-order valence-electron chi connectivity index (χ1n) is 6.67. The second-order valence-corrected chi connectivity index (χ2v) is 7.32. The van der Waals surface area contributed by atoms with Crippen molar-refractivity contribution < 1.29 is 8.42 Å². The first-order valence-corrected chi connectivity index (χ1v) is 8.11. The van der Waals surface area contributed by atoms with Crippen LogP contribution in [0.4, 0.5) is 0 Å². The van der Waals surface area contributed by atoms with Crippen molar-refractivity contribution in [1.29, 1.82) is 0 Å². The van der Waals surface area contributed by atoms with Crippen LogP contribution in [0.5, 0.6) is 0 Å². The molecular weight excluding hydrogens is 260 g/mol. The predicted octanol–water partition coefficient (Wildman–Crippen LogP) is 1.66. The van der Waals surface area contributed by atoms with Gasteiger partial charge in [-0.2, -0.15) is 4.31 Å². The molecule has 106 valence electrons. The Labute approximate surface area is 115 Å². The van der Waals surface area contributed by atoms with Crippen LogP contribution in [-0.4, -0.2) is 31.9 Å². The van der Waals surface area contributed by atoms with Gasteiger partial charge in [0.15, 0.2) is 0 Å². The molecule has 1 aliphatic heterocycles. The van der Waals surface area contributed by atoms with Gasteiger partial charge in [0.1, 0.15) is 0 Å². The van der Waals surface area contributed by atoms with Gasteiger partial charge in [0, 0.05) is 19.1 Å². The van der Waals surface area contributed by atoms with Gasteiger partial charge in [-0.05, 0) is 49.4 Å². The van der Waals surface area contributed by atoms with Crippen LogP contribution in [-0.2, 0) is 10.0 Å². The minimum absolute atomic E-state index is 0.0772. The van der Waals surface area contributed by atoms with Gasteiger partial charge >= 0.3 is 0 Å². The molecule has 0 bridgehead atoms. The highest BCUT2D eigenvalue weighted by Gasteiger charge is 2.38. The lowest BCUT2D eigenvalue weighted by molar-refractivity contribution is 0.354. The molecule has 4 nitrogen and oxygen atoms in total. The molecule has 1 fully saturated rings. The molecule has 1 aromatic carbocycles. The van der Waals surface area contributed by atoms with E-state index in [2.05, 4.69) is 6.92 Å². The fourth-order valence-electron chi connectivity index (χ4n) is 2.63. The maximum absolute atomic E-state index is 12.7. The zero-order chi connectivity index (χ0) is 14.2. The molecule has 1 saturated heterocycles. The van der Waals surface area contributed by atoms with E-state index in [-0.39, 0.29) is 6.04 Å². The Hall–Kier alpha value is -0.910. The summed E-state index contributed by atoms with van der Waals surface area (Å²) in [5.41, 5.74) is 7.84. The molecule has 0 amide bonds. The number of aryl methyl sites for hydroxylation is 2. The van der Waals surface area contributed by atoms with Crippen molar-refractivity contribution in [1.82, 2.24) is 4.31 Å². The highest BCUT2D eigenvalue weighted by molar-refractivity contribution is 7.89. The second kappa shape index (κ2) is 5.23. The number of nitrogens with zero attached hydrogens (tertiary/aromatic N) is 1. The van der Waals surface area contributed by atoms with Gasteiger partial charge in [-0.25, -0.2) is 8.42 Å². The van der Waals surface area contributed by atoms with E-state index in [1.165, 1.54) is 0 Å². The van der Waals surface area contributed by atoms with Gasteiger partial charge in [-0.3, -0.25) is 0 Å². The molecule has 2 atom stereocenters. The van der Waals surface area contributed by atoms with Crippen LogP contribution >= 0.6 is 0 Å². The summed E-state index contributed by atoms with van der Waals surface area (Å²) in [7, 11) is -3.42. The number of rotatable bonds is 3. The highest BCUT2D eigenvalue weighted by Crippen LogP contribution is 2.30. The molecular formula is C14H22N2O2S. The van der Waals surface area contributed by atoms with Crippen LogP contribution in [0.3, 0.4) is 0 Å². The molecule has 1 aliphatic rings. The molecule has 2 unspecified atom stereocenters. The molecule has 0 aromatic heterocycles. The van der Waals surface area contributed by atoms with Crippen molar-refractivity contribution in [2.75, 3.05) is 13.1 Å². The Morgan fingerprint density at radius 2 is 2.00 bits per heavy atom. The molecule has 0 saturated carbocycles. The fraction of sp³-hybridized carbons (Fsp3) is 0.571. The lowest BCUT2D eigenvalue weighted by Gasteiger charge is -2.25. The van der Waals surface area contributed by atoms with Crippen molar-refractivity contribution in [3.63, 3.8) is 0 Å². The topological polar surface area (TPSA) is 63.4 Å². The average molecular weight is 282 g/mol. The molecule has 0 radical (unpaired) electrons. The maximum atomic E-state index is 12.7. The Kier molecular flexibility index (Phi) is 3.99. The summed E-state index contributed by atoms with van der Waals surface area (Å²) in [4.78, 5) is 0.378. The monoisotopic (exact) mass is 282 g/mol. The third-order valence-electron chi connectivity index (χ3n) is 4.16. The van der Waals surface area contributed by atoms with Crippen molar-refractivity contribution in [2.24, 2.45) is 11.7 Å². The summed E-state index contributed by atoms with van der Waals surface area (Å²) in [6, 6.07) is 5.22. The van der Waals surface area contributed by atoms with Gasteiger partial charge < -0.3 is 5.73 Å². The Balaban J connectivity index is 2.39. The summed E-state index contributed by atoms with van der Waals surface area (Å²) < 4.78 is 26.9. The van der Waals surface area contributed by atoms with Gasteiger partial charge in [0.2, 0.25) is 10.0 Å². The number of hydrogen-bond donors (Lipinski definition) is 1. The Morgan fingerprint density at radius 3 is 2.58 bits per heavy atom. The van der Waals surface area contributed by atoms with Crippen molar-refractivity contribution in [2.45, 2.75) is 38.1 Å². The van der Waals surface area contributed by atoms with E-state index < -0.39 is 10.0 Å². The second-order valence-electron chi connectivity index (χ2n) is 5.43. The summed E-state index contributed by atoms with van der Waals surface area (Å²) >= 11 is 0. The first kappa shape index (κ1) is 14.5. The van der Waals surface area contributed by atoms with Gasteiger partial charge in [0.25, 0.3) is 0 Å². The van der Waals surface area contributed by atoms with Crippen LogP contribution in [0.1, 0.15) is 24.5 Å². The maximum Gasteiger partial charge on any atom is 0.243 e. The molecule has 2 N–H and O–H groups in total. The van der Waals surface area contributed by atoms with E-state index in [0.29, 0.717) is 23.9 Å². The normalized spacial score (nSPS) is 24.8. The zero-order valence-corrected chi connectivity index (χ0v) is 12.6. The molecule has 5 heteroatoms. The van der Waals surface area contributed by atoms with Crippen molar-refractivity contribution in [3.05, 3.63) is 29.3 Å². The fourth-order valence-corrected chi connectivity index (χ4v) is 4.46. The van der Waals surface area contributed by atoms with Crippen LogP contribution in [0.15, 0.2) is 23.1 Å². The van der Waals surface area contributed by atoms with E-state index in [4.69, 9.17) is 5.73 Å². The van der Waals surface area contributed by atoms with Gasteiger partial charge in [-0.15, -0.1) is 0 Å². The smallest absolute Gasteiger partial charge is 0.243 e. The molecule has 1 aromatic rings. The third-order valence-corrected chi connectivity index (χ3v) is 6.08. The van der Waals surface area contributed by atoms with Gasteiger partial charge in [0.05, 0.1) is 4.90 Å². The standard InChI is InChI=1S/C14H22N2O2S/c1-10-4-5-13(8-12(10)3)19(17,18)16-7-6-11(2)14(16)9-15/h4-5,8,11,14H,6-7,9,15H2,1-3H3. The van der Waals surface area contributed by atoms with E-state index in [1.54, 1.807) is 16.4 Å². The minimum atomic E-state index is -3.42. The third kappa shape index (κ3) is 2.55. The summed E-state index contributed by atoms with van der Waals surface area (Å²) in [5, 5.41) is 0. The molecule has 2 rings (SSSR count).